The Hall–Kier alpha value is -1.42. The maximum Gasteiger partial charge on any atom is 0.170 e. The second kappa shape index (κ2) is 5.27. The summed E-state index contributed by atoms with van der Waals surface area (Å²) in [4.78, 5) is 18.1. The number of nitrogens with one attached hydrogen (secondary N) is 1. The molecular formula is C13H13BrN2O. The van der Waals surface area contributed by atoms with Crippen LogP contribution in [0, 0.1) is 6.92 Å². The van der Waals surface area contributed by atoms with Crippen LogP contribution in [0.2, 0.25) is 0 Å². The monoisotopic (exact) mass is 292 g/mol. The SMILES string of the molecule is Cc1nc(C=O)c(CCc2ccc(Br)cc2)[nH]1. The largest absolute Gasteiger partial charge is 0.345 e. The van der Waals surface area contributed by atoms with Crippen LogP contribution in [0.15, 0.2) is 28.7 Å². The van der Waals surface area contributed by atoms with Gasteiger partial charge in [-0.2, -0.15) is 0 Å². The molecule has 0 radical (unpaired) electrons. The number of aldehydes is 1. The molecule has 0 amide bonds. The number of hydrogen-bond acceptors (Lipinski definition) is 2. The number of imidazole rings is 1. The zero-order chi connectivity index (χ0) is 12.3. The molecule has 0 fully saturated rings. The van der Waals surface area contributed by atoms with Gasteiger partial charge in [0, 0.05) is 10.2 Å². The summed E-state index contributed by atoms with van der Waals surface area (Å²) in [6, 6.07) is 8.20. The molecule has 3 nitrogen and oxygen atoms in total. The molecule has 0 saturated heterocycles. The van der Waals surface area contributed by atoms with Crippen LogP contribution in [-0.4, -0.2) is 16.3 Å². The standard InChI is InChI=1S/C13H13BrN2O/c1-9-15-12(13(8-17)16-9)7-4-10-2-5-11(14)6-3-10/h2-3,5-6,8H,4,7H2,1H3,(H,15,16). The first-order valence-electron chi connectivity index (χ1n) is 5.44. The molecule has 2 rings (SSSR count). The Morgan fingerprint density at radius 1 is 1.29 bits per heavy atom. The number of carbonyl (C=O) groups excluding carboxylic acids is 1. The zero-order valence-electron chi connectivity index (χ0n) is 9.53. The number of aromatic nitrogens is 2. The second-order valence-electron chi connectivity index (χ2n) is 3.93. The molecule has 1 N–H and O–H groups in total. The minimum Gasteiger partial charge on any atom is -0.345 e. The predicted molar refractivity (Wildman–Crippen MR) is 70.3 cm³/mol. The van der Waals surface area contributed by atoms with Crippen molar-refractivity contribution in [3.05, 3.63) is 51.5 Å². The van der Waals surface area contributed by atoms with Crippen molar-refractivity contribution in [3.63, 3.8) is 0 Å². The summed E-state index contributed by atoms with van der Waals surface area (Å²) < 4.78 is 1.08. The van der Waals surface area contributed by atoms with E-state index in [1.54, 1.807) is 0 Å². The van der Waals surface area contributed by atoms with Crippen molar-refractivity contribution < 1.29 is 4.79 Å². The van der Waals surface area contributed by atoms with Crippen molar-refractivity contribution >= 4 is 22.2 Å². The molecule has 17 heavy (non-hydrogen) atoms. The van der Waals surface area contributed by atoms with E-state index >= 15 is 0 Å². The van der Waals surface area contributed by atoms with Gasteiger partial charge in [-0.1, -0.05) is 28.1 Å². The number of H-pyrrole nitrogens is 1. The molecule has 1 aromatic carbocycles. The van der Waals surface area contributed by atoms with Crippen LogP contribution in [0.4, 0.5) is 0 Å². The third kappa shape index (κ3) is 3.03. The fourth-order valence-electron chi connectivity index (χ4n) is 1.77. The van der Waals surface area contributed by atoms with Gasteiger partial charge >= 0.3 is 0 Å². The van der Waals surface area contributed by atoms with Gasteiger partial charge < -0.3 is 4.98 Å². The molecule has 0 spiro atoms. The molecule has 0 aliphatic carbocycles. The van der Waals surface area contributed by atoms with E-state index in [9.17, 15) is 4.79 Å². The number of hydrogen-bond donors (Lipinski definition) is 1. The molecule has 0 atom stereocenters. The van der Waals surface area contributed by atoms with E-state index in [1.807, 2.05) is 19.1 Å². The van der Waals surface area contributed by atoms with Crippen molar-refractivity contribution in [3.8, 4) is 0 Å². The Morgan fingerprint density at radius 3 is 2.65 bits per heavy atom. The normalized spacial score (nSPS) is 10.5. The number of halogens is 1. The minimum absolute atomic E-state index is 0.527. The van der Waals surface area contributed by atoms with E-state index in [4.69, 9.17) is 0 Å². The van der Waals surface area contributed by atoms with E-state index in [-0.39, 0.29) is 0 Å². The van der Waals surface area contributed by atoms with Gasteiger partial charge in [-0.3, -0.25) is 4.79 Å². The summed E-state index contributed by atoms with van der Waals surface area (Å²) in [5.41, 5.74) is 2.69. The Morgan fingerprint density at radius 2 is 2.00 bits per heavy atom. The van der Waals surface area contributed by atoms with Gasteiger partial charge in [0.25, 0.3) is 0 Å². The number of nitrogens with zero attached hydrogens (tertiary/aromatic N) is 1. The van der Waals surface area contributed by atoms with Gasteiger partial charge in [-0.15, -0.1) is 0 Å². The number of aromatic amines is 1. The maximum atomic E-state index is 10.8. The molecule has 0 aliphatic rings. The van der Waals surface area contributed by atoms with Crippen LogP contribution in [0.1, 0.15) is 27.6 Å². The third-order valence-electron chi connectivity index (χ3n) is 2.62. The highest BCUT2D eigenvalue weighted by molar-refractivity contribution is 9.10. The number of rotatable bonds is 4. The lowest BCUT2D eigenvalue weighted by molar-refractivity contribution is 0.111. The van der Waals surface area contributed by atoms with Crippen LogP contribution >= 0.6 is 15.9 Å². The van der Waals surface area contributed by atoms with Crippen LogP contribution in [0.3, 0.4) is 0 Å². The molecule has 0 bridgehead atoms. The minimum atomic E-state index is 0.527. The fourth-order valence-corrected chi connectivity index (χ4v) is 2.03. The van der Waals surface area contributed by atoms with Gasteiger partial charge in [-0.25, -0.2) is 4.98 Å². The third-order valence-corrected chi connectivity index (χ3v) is 3.15. The highest BCUT2D eigenvalue weighted by atomic mass is 79.9. The van der Waals surface area contributed by atoms with Crippen LogP contribution in [-0.2, 0) is 12.8 Å². The van der Waals surface area contributed by atoms with Gasteiger partial charge in [-0.05, 0) is 37.5 Å². The number of carbonyl (C=O) groups is 1. The Balaban J connectivity index is 2.06. The molecule has 1 heterocycles. The van der Waals surface area contributed by atoms with Crippen LogP contribution < -0.4 is 0 Å². The highest BCUT2D eigenvalue weighted by Gasteiger charge is 2.06. The first-order chi connectivity index (χ1) is 8.19. The Labute approximate surface area is 108 Å². The van der Waals surface area contributed by atoms with Gasteiger partial charge in [0.05, 0.1) is 0 Å². The molecular weight excluding hydrogens is 280 g/mol. The first kappa shape index (κ1) is 12.0. The molecule has 0 unspecified atom stereocenters. The summed E-state index contributed by atoms with van der Waals surface area (Å²) >= 11 is 3.41. The van der Waals surface area contributed by atoms with Gasteiger partial charge in [0.1, 0.15) is 11.5 Å². The first-order valence-corrected chi connectivity index (χ1v) is 6.23. The zero-order valence-corrected chi connectivity index (χ0v) is 11.1. The Kier molecular flexibility index (Phi) is 3.74. The number of benzene rings is 1. The molecule has 0 saturated carbocycles. The van der Waals surface area contributed by atoms with Crippen molar-refractivity contribution in [1.82, 2.24) is 9.97 Å². The van der Waals surface area contributed by atoms with E-state index in [2.05, 4.69) is 38.0 Å². The average molecular weight is 293 g/mol. The van der Waals surface area contributed by atoms with Crippen LogP contribution in [0.5, 0.6) is 0 Å². The summed E-state index contributed by atoms with van der Waals surface area (Å²) in [6.07, 6.45) is 2.51. The quantitative estimate of drug-likeness (QED) is 0.880. The van der Waals surface area contributed by atoms with E-state index in [0.717, 1.165) is 35.1 Å². The average Bonchev–Trinajstić information content (AvgIpc) is 2.69. The molecule has 0 aliphatic heterocycles. The van der Waals surface area contributed by atoms with Crippen LogP contribution in [0.25, 0.3) is 0 Å². The Bertz CT molecular complexity index is 517. The molecule has 4 heteroatoms. The van der Waals surface area contributed by atoms with E-state index in [0.29, 0.717) is 5.69 Å². The highest BCUT2D eigenvalue weighted by Crippen LogP contribution is 2.13. The van der Waals surface area contributed by atoms with Crippen molar-refractivity contribution in [2.24, 2.45) is 0 Å². The fraction of sp³-hybridized carbons (Fsp3) is 0.231. The number of aryl methyl sites for hydroxylation is 3. The van der Waals surface area contributed by atoms with Crippen molar-refractivity contribution in [1.29, 1.82) is 0 Å². The van der Waals surface area contributed by atoms with Crippen molar-refractivity contribution in [2.75, 3.05) is 0 Å². The topological polar surface area (TPSA) is 45.8 Å². The predicted octanol–water partition coefficient (Wildman–Crippen LogP) is 3.08. The second-order valence-corrected chi connectivity index (χ2v) is 4.85. The molecule has 88 valence electrons. The summed E-state index contributed by atoms with van der Waals surface area (Å²) in [6.45, 7) is 1.86. The molecule has 2 aromatic rings. The summed E-state index contributed by atoms with van der Waals surface area (Å²) in [5.74, 6) is 0.790. The van der Waals surface area contributed by atoms with E-state index < -0.39 is 0 Å². The lowest BCUT2D eigenvalue weighted by Crippen LogP contribution is -1.95. The van der Waals surface area contributed by atoms with Gasteiger partial charge in [0.15, 0.2) is 6.29 Å². The van der Waals surface area contributed by atoms with Gasteiger partial charge in [0.2, 0.25) is 0 Å². The summed E-state index contributed by atoms with van der Waals surface area (Å²) in [5, 5.41) is 0. The smallest absolute Gasteiger partial charge is 0.170 e. The summed E-state index contributed by atoms with van der Waals surface area (Å²) in [7, 11) is 0. The van der Waals surface area contributed by atoms with E-state index in [1.165, 1.54) is 5.56 Å². The lowest BCUT2D eigenvalue weighted by Gasteiger charge is -2.00. The molecule has 1 aromatic heterocycles. The van der Waals surface area contributed by atoms with Crippen molar-refractivity contribution in [2.45, 2.75) is 19.8 Å². The lowest BCUT2D eigenvalue weighted by atomic mass is 10.1. The maximum absolute atomic E-state index is 10.8.